The first-order valence-corrected chi connectivity index (χ1v) is 11.4. The molecular formula is C22H28ClN3O4S. The van der Waals surface area contributed by atoms with Gasteiger partial charge in [-0.3, -0.25) is 9.59 Å². The van der Waals surface area contributed by atoms with Gasteiger partial charge in [-0.05, 0) is 44.0 Å². The monoisotopic (exact) mass is 465 g/mol. The van der Waals surface area contributed by atoms with Crippen LogP contribution in [-0.4, -0.2) is 58.0 Å². The molecule has 7 nitrogen and oxygen atoms in total. The molecule has 1 aromatic carbocycles. The molecule has 9 heteroatoms. The third-order valence-corrected chi connectivity index (χ3v) is 5.51. The molecule has 2 rings (SSSR count). The normalized spacial score (nSPS) is 11.8. The number of ether oxygens (including phenoxy) is 2. The van der Waals surface area contributed by atoms with Crippen molar-refractivity contribution in [2.45, 2.75) is 51.3 Å². The lowest BCUT2D eigenvalue weighted by Crippen LogP contribution is -2.44. The average Bonchev–Trinajstić information content (AvgIpc) is 2.71. The molecule has 0 aliphatic heterocycles. The van der Waals surface area contributed by atoms with Gasteiger partial charge in [-0.15, -0.1) is 22.0 Å². The van der Waals surface area contributed by atoms with Crippen molar-refractivity contribution in [1.82, 2.24) is 15.1 Å². The molecular weight excluding hydrogens is 438 g/mol. The van der Waals surface area contributed by atoms with Gasteiger partial charge in [0.05, 0.1) is 6.54 Å². The maximum absolute atomic E-state index is 11.9. The number of nitrogens with zero attached hydrogens (tertiary/aromatic N) is 3. The molecule has 0 aliphatic carbocycles. The van der Waals surface area contributed by atoms with Gasteiger partial charge in [-0.25, -0.2) is 0 Å². The van der Waals surface area contributed by atoms with Gasteiger partial charge in [0.2, 0.25) is 5.91 Å². The lowest BCUT2D eigenvalue weighted by atomic mass is 10.1. The molecule has 168 valence electrons. The summed E-state index contributed by atoms with van der Waals surface area (Å²) in [4.78, 5) is 25.1. The van der Waals surface area contributed by atoms with E-state index in [4.69, 9.17) is 21.1 Å². The highest BCUT2D eigenvalue weighted by molar-refractivity contribution is 7.99. The van der Waals surface area contributed by atoms with Crippen LogP contribution in [0.2, 0.25) is 5.15 Å². The molecule has 0 aliphatic rings. The van der Waals surface area contributed by atoms with E-state index in [2.05, 4.69) is 10.2 Å². The van der Waals surface area contributed by atoms with Crippen molar-refractivity contribution < 1.29 is 19.1 Å². The van der Waals surface area contributed by atoms with Crippen molar-refractivity contribution in [2.24, 2.45) is 0 Å². The van der Waals surface area contributed by atoms with Crippen LogP contribution in [0.5, 0.6) is 5.75 Å². The number of aromatic nitrogens is 2. The first-order chi connectivity index (χ1) is 14.8. The van der Waals surface area contributed by atoms with E-state index in [1.807, 2.05) is 44.2 Å². The fourth-order valence-electron chi connectivity index (χ4n) is 2.96. The zero-order valence-electron chi connectivity index (χ0n) is 18.2. The predicted molar refractivity (Wildman–Crippen MR) is 121 cm³/mol. The van der Waals surface area contributed by atoms with E-state index in [1.165, 1.54) is 13.8 Å². The summed E-state index contributed by atoms with van der Waals surface area (Å²) in [6.07, 6.45) is 0.199. The molecule has 0 saturated heterocycles. The summed E-state index contributed by atoms with van der Waals surface area (Å²) in [5.41, 5.74) is 1.03. The molecule has 1 heterocycles. The highest BCUT2D eigenvalue weighted by atomic mass is 35.5. The predicted octanol–water partition coefficient (Wildman–Crippen LogP) is 4.03. The fourth-order valence-corrected chi connectivity index (χ4v) is 3.86. The molecule has 0 fully saturated rings. The molecule has 0 spiro atoms. The lowest BCUT2D eigenvalue weighted by molar-refractivity contribution is -0.151. The van der Waals surface area contributed by atoms with Crippen LogP contribution in [0.25, 0.3) is 0 Å². The number of hydrogen-bond donors (Lipinski definition) is 0. The Labute approximate surface area is 192 Å². The number of carbonyl (C=O) groups excluding carboxylic acids is 2. The number of carbonyl (C=O) groups is 2. The van der Waals surface area contributed by atoms with E-state index >= 15 is 0 Å². The second kappa shape index (κ2) is 12.5. The van der Waals surface area contributed by atoms with Crippen LogP contribution in [-0.2, 0) is 20.7 Å². The van der Waals surface area contributed by atoms with Crippen molar-refractivity contribution in [3.63, 3.8) is 0 Å². The highest BCUT2D eigenvalue weighted by Gasteiger charge is 2.22. The number of halogens is 1. The second-order valence-corrected chi connectivity index (χ2v) is 8.71. The number of benzene rings is 1. The molecule has 0 radical (unpaired) electrons. The first kappa shape index (κ1) is 24.9. The molecule has 2 aromatic rings. The molecule has 1 aromatic heterocycles. The van der Waals surface area contributed by atoms with Crippen LogP contribution in [0.1, 0.15) is 33.3 Å². The Morgan fingerprint density at radius 2 is 1.87 bits per heavy atom. The smallest absolute Gasteiger partial charge is 0.303 e. The van der Waals surface area contributed by atoms with E-state index in [-0.39, 0.29) is 25.1 Å². The van der Waals surface area contributed by atoms with E-state index in [1.54, 1.807) is 22.7 Å². The average molecular weight is 466 g/mol. The Hall–Kier alpha value is -2.32. The van der Waals surface area contributed by atoms with Gasteiger partial charge in [-0.2, -0.15) is 0 Å². The van der Waals surface area contributed by atoms with E-state index in [0.717, 1.165) is 28.5 Å². The van der Waals surface area contributed by atoms with Crippen molar-refractivity contribution >= 4 is 35.2 Å². The van der Waals surface area contributed by atoms with Gasteiger partial charge < -0.3 is 14.4 Å². The number of esters is 1. The van der Waals surface area contributed by atoms with Gasteiger partial charge in [0.25, 0.3) is 0 Å². The number of aryl methyl sites for hydroxylation is 1. The first-order valence-electron chi connectivity index (χ1n) is 10.0. The maximum atomic E-state index is 11.9. The Balaban J connectivity index is 1.98. The molecule has 0 bridgehead atoms. The molecule has 1 atom stereocenters. The molecule has 1 amide bonds. The SMILES string of the molecule is CC(=O)OC(COc1ccccc1CCSc1ccc(Cl)nn1)CN(C(C)=O)C(C)C. The van der Waals surface area contributed by atoms with Gasteiger partial charge in [0.15, 0.2) is 11.3 Å². The van der Waals surface area contributed by atoms with Crippen LogP contribution in [0.3, 0.4) is 0 Å². The van der Waals surface area contributed by atoms with Crippen molar-refractivity contribution in [3.05, 3.63) is 47.1 Å². The lowest BCUT2D eigenvalue weighted by Gasteiger charge is -2.29. The third kappa shape index (κ3) is 8.75. The van der Waals surface area contributed by atoms with Crippen molar-refractivity contribution in [1.29, 1.82) is 0 Å². The second-order valence-electron chi connectivity index (χ2n) is 7.21. The Kier molecular flexibility index (Phi) is 10.1. The van der Waals surface area contributed by atoms with Crippen molar-refractivity contribution in [2.75, 3.05) is 18.9 Å². The minimum Gasteiger partial charge on any atom is -0.489 e. The van der Waals surface area contributed by atoms with Crippen LogP contribution in [0.15, 0.2) is 41.4 Å². The Morgan fingerprint density at radius 3 is 2.48 bits per heavy atom. The summed E-state index contributed by atoms with van der Waals surface area (Å²) in [6.45, 7) is 7.13. The van der Waals surface area contributed by atoms with E-state index in [9.17, 15) is 9.59 Å². The van der Waals surface area contributed by atoms with Crippen LogP contribution in [0.4, 0.5) is 0 Å². The highest BCUT2D eigenvalue weighted by Crippen LogP contribution is 2.23. The topological polar surface area (TPSA) is 81.6 Å². The quantitative estimate of drug-likeness (QED) is 0.366. The van der Waals surface area contributed by atoms with Crippen LogP contribution >= 0.6 is 23.4 Å². The minimum absolute atomic E-state index is 0.00386. The van der Waals surface area contributed by atoms with Crippen LogP contribution < -0.4 is 4.74 Å². The van der Waals surface area contributed by atoms with Gasteiger partial charge in [0, 0.05) is 25.6 Å². The van der Waals surface area contributed by atoms with Gasteiger partial charge in [-0.1, -0.05) is 29.8 Å². The van der Waals surface area contributed by atoms with Gasteiger partial charge in [0.1, 0.15) is 17.4 Å². The molecule has 0 saturated carbocycles. The standard InChI is InChI=1S/C22H28ClN3O4S/c1-15(2)26(16(3)27)13-19(30-17(4)28)14-29-20-8-6-5-7-18(20)11-12-31-22-10-9-21(23)24-25-22/h5-10,15,19H,11-14H2,1-4H3. The Morgan fingerprint density at radius 1 is 1.13 bits per heavy atom. The largest absolute Gasteiger partial charge is 0.489 e. The van der Waals surface area contributed by atoms with Crippen LogP contribution in [0, 0.1) is 0 Å². The summed E-state index contributed by atoms with van der Waals surface area (Å²) in [5.74, 6) is 1.03. The van der Waals surface area contributed by atoms with E-state index < -0.39 is 12.1 Å². The number of amides is 1. The summed E-state index contributed by atoms with van der Waals surface area (Å²) in [6, 6.07) is 11.3. The zero-order valence-corrected chi connectivity index (χ0v) is 19.8. The summed E-state index contributed by atoms with van der Waals surface area (Å²) < 4.78 is 11.4. The van der Waals surface area contributed by atoms with E-state index in [0.29, 0.717) is 5.15 Å². The summed E-state index contributed by atoms with van der Waals surface area (Å²) in [7, 11) is 0. The number of rotatable bonds is 11. The Bertz CT molecular complexity index is 864. The summed E-state index contributed by atoms with van der Waals surface area (Å²) >= 11 is 7.35. The van der Waals surface area contributed by atoms with Crippen molar-refractivity contribution in [3.8, 4) is 5.75 Å². The molecule has 31 heavy (non-hydrogen) atoms. The number of hydrogen-bond acceptors (Lipinski definition) is 7. The summed E-state index contributed by atoms with van der Waals surface area (Å²) in [5, 5.41) is 9.06. The maximum Gasteiger partial charge on any atom is 0.303 e. The minimum atomic E-state index is -0.560. The molecule has 1 unspecified atom stereocenters. The number of thioether (sulfide) groups is 1. The number of para-hydroxylation sites is 1. The fraction of sp³-hybridized carbons (Fsp3) is 0.455. The third-order valence-electron chi connectivity index (χ3n) is 4.39. The molecule has 0 N–H and O–H groups in total. The van der Waals surface area contributed by atoms with Gasteiger partial charge >= 0.3 is 5.97 Å². The zero-order chi connectivity index (χ0) is 22.8.